The van der Waals surface area contributed by atoms with Gasteiger partial charge in [0.15, 0.2) is 0 Å². The standard InChI is InChI=1S/C12H21NO2/c1-12(2)7-13(8-12)6-9-4-3-5-10(9)11(14)15/h9-10H,3-8H2,1-2H3,(H,14,15)/t9-,10-/m0/s1. The van der Waals surface area contributed by atoms with Crippen LogP contribution in [0, 0.1) is 17.3 Å². The molecule has 2 aliphatic rings. The first kappa shape index (κ1) is 10.9. The van der Waals surface area contributed by atoms with Crippen molar-refractivity contribution in [1.82, 2.24) is 4.90 Å². The van der Waals surface area contributed by atoms with Crippen molar-refractivity contribution >= 4 is 5.97 Å². The molecule has 3 nitrogen and oxygen atoms in total. The van der Waals surface area contributed by atoms with E-state index in [9.17, 15) is 4.79 Å². The predicted octanol–water partition coefficient (Wildman–Crippen LogP) is 1.83. The fourth-order valence-electron chi connectivity index (χ4n) is 3.21. The van der Waals surface area contributed by atoms with Crippen molar-refractivity contribution in [3.63, 3.8) is 0 Å². The highest BCUT2D eigenvalue weighted by Crippen LogP contribution is 2.36. The molecule has 1 aliphatic carbocycles. The van der Waals surface area contributed by atoms with E-state index in [4.69, 9.17) is 5.11 Å². The molecule has 1 saturated carbocycles. The van der Waals surface area contributed by atoms with Crippen LogP contribution >= 0.6 is 0 Å². The van der Waals surface area contributed by atoms with E-state index in [2.05, 4.69) is 18.7 Å². The Hall–Kier alpha value is -0.570. The highest BCUT2D eigenvalue weighted by Gasteiger charge is 2.39. The SMILES string of the molecule is CC1(C)CN(C[C@@H]2CCC[C@@H]2C(=O)O)C1. The van der Waals surface area contributed by atoms with E-state index in [0.29, 0.717) is 11.3 Å². The summed E-state index contributed by atoms with van der Waals surface area (Å²) in [5, 5.41) is 9.07. The summed E-state index contributed by atoms with van der Waals surface area (Å²) in [4.78, 5) is 13.4. The molecule has 0 radical (unpaired) electrons. The second-order valence-electron chi connectivity index (χ2n) is 5.97. The zero-order chi connectivity index (χ0) is 11.1. The highest BCUT2D eigenvalue weighted by molar-refractivity contribution is 5.70. The highest BCUT2D eigenvalue weighted by atomic mass is 16.4. The lowest BCUT2D eigenvalue weighted by Crippen LogP contribution is -2.54. The zero-order valence-electron chi connectivity index (χ0n) is 9.70. The lowest BCUT2D eigenvalue weighted by atomic mass is 9.83. The van der Waals surface area contributed by atoms with Crippen molar-refractivity contribution in [2.24, 2.45) is 17.3 Å². The molecule has 2 rings (SSSR count). The molecular formula is C12H21NO2. The number of likely N-dealkylation sites (tertiary alicyclic amines) is 1. The monoisotopic (exact) mass is 211 g/mol. The summed E-state index contributed by atoms with van der Waals surface area (Å²) in [6.45, 7) is 7.81. The average molecular weight is 211 g/mol. The molecule has 0 unspecified atom stereocenters. The number of aliphatic carboxylic acids is 1. The second-order valence-corrected chi connectivity index (χ2v) is 5.97. The first-order valence-corrected chi connectivity index (χ1v) is 5.93. The number of carbonyl (C=O) groups is 1. The van der Waals surface area contributed by atoms with Crippen molar-refractivity contribution in [2.45, 2.75) is 33.1 Å². The summed E-state index contributed by atoms with van der Waals surface area (Å²) in [5.41, 5.74) is 0.456. The molecule has 0 aromatic rings. The fraction of sp³-hybridized carbons (Fsp3) is 0.917. The minimum absolute atomic E-state index is 0.0753. The third-order valence-electron chi connectivity index (χ3n) is 3.77. The van der Waals surface area contributed by atoms with E-state index in [0.717, 1.165) is 38.9 Å². The van der Waals surface area contributed by atoms with Gasteiger partial charge in [-0.3, -0.25) is 4.79 Å². The van der Waals surface area contributed by atoms with Crippen LogP contribution in [0.15, 0.2) is 0 Å². The zero-order valence-corrected chi connectivity index (χ0v) is 9.70. The van der Waals surface area contributed by atoms with Crippen LogP contribution in [-0.4, -0.2) is 35.6 Å². The fourth-order valence-corrected chi connectivity index (χ4v) is 3.21. The summed E-state index contributed by atoms with van der Waals surface area (Å²) < 4.78 is 0. The predicted molar refractivity (Wildman–Crippen MR) is 58.7 cm³/mol. The van der Waals surface area contributed by atoms with Crippen LogP contribution in [0.5, 0.6) is 0 Å². The quantitative estimate of drug-likeness (QED) is 0.774. The lowest BCUT2D eigenvalue weighted by molar-refractivity contribution is -0.143. The van der Waals surface area contributed by atoms with Crippen molar-refractivity contribution < 1.29 is 9.90 Å². The Labute approximate surface area is 91.5 Å². The largest absolute Gasteiger partial charge is 0.481 e. The summed E-state index contributed by atoms with van der Waals surface area (Å²) in [7, 11) is 0. The smallest absolute Gasteiger partial charge is 0.306 e. The number of hydrogen-bond donors (Lipinski definition) is 1. The van der Waals surface area contributed by atoms with Gasteiger partial charge in [0, 0.05) is 19.6 Å². The number of rotatable bonds is 3. The molecule has 0 amide bonds. The van der Waals surface area contributed by atoms with Crippen LogP contribution < -0.4 is 0 Å². The summed E-state index contributed by atoms with van der Waals surface area (Å²) in [6.07, 6.45) is 3.09. The van der Waals surface area contributed by atoms with Crippen molar-refractivity contribution in [2.75, 3.05) is 19.6 Å². The maximum atomic E-state index is 11.0. The summed E-state index contributed by atoms with van der Waals surface area (Å²) >= 11 is 0. The van der Waals surface area contributed by atoms with Gasteiger partial charge in [-0.05, 0) is 24.2 Å². The average Bonchev–Trinajstić information content (AvgIpc) is 2.48. The van der Waals surface area contributed by atoms with Crippen LogP contribution in [0.3, 0.4) is 0 Å². The Morgan fingerprint density at radius 2 is 2.07 bits per heavy atom. The van der Waals surface area contributed by atoms with Gasteiger partial charge in [-0.25, -0.2) is 0 Å². The molecule has 1 saturated heterocycles. The van der Waals surface area contributed by atoms with E-state index >= 15 is 0 Å². The Balaban J connectivity index is 1.82. The molecule has 1 heterocycles. The molecule has 0 spiro atoms. The van der Waals surface area contributed by atoms with Crippen molar-refractivity contribution in [1.29, 1.82) is 0 Å². The first-order valence-electron chi connectivity index (χ1n) is 5.93. The normalized spacial score (nSPS) is 35.1. The molecule has 0 aromatic heterocycles. The van der Waals surface area contributed by atoms with E-state index in [1.54, 1.807) is 0 Å². The number of hydrogen-bond acceptors (Lipinski definition) is 2. The third-order valence-corrected chi connectivity index (χ3v) is 3.77. The van der Waals surface area contributed by atoms with E-state index in [1.807, 2.05) is 0 Å². The molecule has 0 bridgehead atoms. The van der Waals surface area contributed by atoms with Crippen LogP contribution in [0.2, 0.25) is 0 Å². The van der Waals surface area contributed by atoms with E-state index < -0.39 is 5.97 Å². The van der Waals surface area contributed by atoms with Gasteiger partial charge in [0.05, 0.1) is 5.92 Å². The van der Waals surface area contributed by atoms with Gasteiger partial charge in [-0.2, -0.15) is 0 Å². The lowest BCUT2D eigenvalue weighted by Gasteiger charge is -2.47. The summed E-state index contributed by atoms with van der Waals surface area (Å²) in [6, 6.07) is 0. The van der Waals surface area contributed by atoms with Gasteiger partial charge in [-0.15, -0.1) is 0 Å². The first-order chi connectivity index (χ1) is 6.98. The molecule has 0 aromatic carbocycles. The Morgan fingerprint density at radius 1 is 1.40 bits per heavy atom. The van der Waals surface area contributed by atoms with E-state index in [1.165, 1.54) is 0 Å². The number of nitrogens with zero attached hydrogens (tertiary/aromatic N) is 1. The van der Waals surface area contributed by atoms with Gasteiger partial charge >= 0.3 is 5.97 Å². The van der Waals surface area contributed by atoms with Gasteiger partial charge in [0.25, 0.3) is 0 Å². The van der Waals surface area contributed by atoms with Crippen LogP contribution in [0.25, 0.3) is 0 Å². The van der Waals surface area contributed by atoms with Crippen molar-refractivity contribution in [3.8, 4) is 0 Å². The maximum absolute atomic E-state index is 11.0. The van der Waals surface area contributed by atoms with Crippen LogP contribution in [0.1, 0.15) is 33.1 Å². The van der Waals surface area contributed by atoms with Crippen molar-refractivity contribution in [3.05, 3.63) is 0 Å². The van der Waals surface area contributed by atoms with Crippen LogP contribution in [0.4, 0.5) is 0 Å². The maximum Gasteiger partial charge on any atom is 0.306 e. The van der Waals surface area contributed by atoms with Crippen LogP contribution in [-0.2, 0) is 4.79 Å². The van der Waals surface area contributed by atoms with Gasteiger partial charge in [0.1, 0.15) is 0 Å². The summed E-state index contributed by atoms with van der Waals surface area (Å²) in [5.74, 6) is -0.260. The second kappa shape index (κ2) is 3.78. The molecular weight excluding hydrogens is 190 g/mol. The molecule has 2 fully saturated rings. The topological polar surface area (TPSA) is 40.5 Å². The molecule has 1 N–H and O–H groups in total. The minimum atomic E-state index is -0.586. The minimum Gasteiger partial charge on any atom is -0.481 e. The Morgan fingerprint density at radius 3 is 2.60 bits per heavy atom. The number of carboxylic acids is 1. The molecule has 3 heteroatoms. The van der Waals surface area contributed by atoms with E-state index in [-0.39, 0.29) is 5.92 Å². The molecule has 15 heavy (non-hydrogen) atoms. The third kappa shape index (κ3) is 2.33. The molecule has 86 valence electrons. The number of carboxylic acid groups (broad SMARTS) is 1. The van der Waals surface area contributed by atoms with Gasteiger partial charge < -0.3 is 10.0 Å². The Kier molecular flexibility index (Phi) is 2.75. The van der Waals surface area contributed by atoms with Gasteiger partial charge in [0.2, 0.25) is 0 Å². The molecule has 2 atom stereocenters. The molecule has 1 aliphatic heterocycles. The van der Waals surface area contributed by atoms with Gasteiger partial charge in [-0.1, -0.05) is 20.3 Å². The Bertz CT molecular complexity index is 254.